The van der Waals surface area contributed by atoms with E-state index in [2.05, 4.69) is 13.5 Å². The number of rotatable bonds is 15. The van der Waals surface area contributed by atoms with E-state index < -0.39 is 5.97 Å². The van der Waals surface area contributed by atoms with Crippen molar-refractivity contribution < 1.29 is 9.53 Å². The Kier molecular flexibility index (Phi) is 12.7. The predicted molar refractivity (Wildman–Crippen MR) is 107 cm³/mol. The molecule has 0 heterocycles. The Bertz CT molecular complexity index is 461. The molecule has 0 radical (unpaired) electrons. The summed E-state index contributed by atoms with van der Waals surface area (Å²) in [6.45, 7) is 5.67. The fourth-order valence-electron chi connectivity index (χ4n) is 3.05. The van der Waals surface area contributed by atoms with E-state index in [9.17, 15) is 4.79 Å². The van der Waals surface area contributed by atoms with E-state index in [0.29, 0.717) is 5.75 Å². The van der Waals surface area contributed by atoms with Gasteiger partial charge in [0.2, 0.25) is 0 Å². The minimum Gasteiger partial charge on any atom is -0.423 e. The summed E-state index contributed by atoms with van der Waals surface area (Å²) in [5, 5.41) is 0. The number of ether oxygens (including phenoxy) is 1. The van der Waals surface area contributed by atoms with Crippen LogP contribution in [0.5, 0.6) is 5.75 Å². The lowest BCUT2D eigenvalue weighted by Gasteiger charge is -2.05. The normalized spacial score (nSPS) is 10.6. The van der Waals surface area contributed by atoms with Crippen LogP contribution in [-0.4, -0.2) is 5.97 Å². The van der Waals surface area contributed by atoms with Crippen molar-refractivity contribution in [2.45, 2.75) is 90.4 Å². The van der Waals surface area contributed by atoms with Crippen LogP contribution in [0.1, 0.15) is 89.5 Å². The second-order valence-electron chi connectivity index (χ2n) is 6.91. The molecule has 0 saturated heterocycles. The molecule has 0 bridgehead atoms. The van der Waals surface area contributed by atoms with Gasteiger partial charge in [-0.15, -0.1) is 0 Å². The van der Waals surface area contributed by atoms with E-state index in [1.807, 2.05) is 24.3 Å². The van der Waals surface area contributed by atoms with Crippen LogP contribution in [-0.2, 0) is 11.2 Å². The fraction of sp³-hybridized carbons (Fsp3) is 0.609. The maximum atomic E-state index is 11.1. The van der Waals surface area contributed by atoms with E-state index in [1.54, 1.807) is 0 Å². The average Bonchev–Trinajstić information content (AvgIpc) is 2.64. The summed E-state index contributed by atoms with van der Waals surface area (Å²) in [6, 6.07) is 7.81. The molecule has 0 aromatic heterocycles. The second-order valence-corrected chi connectivity index (χ2v) is 6.91. The zero-order valence-electron chi connectivity index (χ0n) is 16.1. The summed E-state index contributed by atoms with van der Waals surface area (Å²) in [5.41, 5.74) is 1.31. The number of esters is 1. The number of benzene rings is 1. The number of hydrogen-bond acceptors (Lipinski definition) is 2. The third-order valence-corrected chi connectivity index (χ3v) is 4.63. The van der Waals surface area contributed by atoms with Gasteiger partial charge in [-0.2, -0.15) is 0 Å². The zero-order valence-corrected chi connectivity index (χ0v) is 16.1. The monoisotopic (exact) mass is 344 g/mol. The summed E-state index contributed by atoms with van der Waals surface area (Å²) in [7, 11) is 0. The molecule has 0 aliphatic carbocycles. The molecule has 0 atom stereocenters. The summed E-state index contributed by atoms with van der Waals surface area (Å²) >= 11 is 0. The second kappa shape index (κ2) is 14.7. The molecule has 25 heavy (non-hydrogen) atoms. The molecule has 1 aromatic carbocycles. The molecule has 1 aromatic rings. The van der Waals surface area contributed by atoms with Gasteiger partial charge < -0.3 is 4.74 Å². The van der Waals surface area contributed by atoms with Gasteiger partial charge in [0.1, 0.15) is 5.75 Å². The smallest absolute Gasteiger partial charge is 0.335 e. The Balaban J connectivity index is 1.96. The largest absolute Gasteiger partial charge is 0.423 e. The van der Waals surface area contributed by atoms with E-state index in [4.69, 9.17) is 4.74 Å². The Morgan fingerprint density at radius 3 is 1.80 bits per heavy atom. The van der Waals surface area contributed by atoms with Crippen LogP contribution in [0.4, 0.5) is 0 Å². The third kappa shape index (κ3) is 11.6. The van der Waals surface area contributed by atoms with E-state index in [0.717, 1.165) is 6.42 Å². The van der Waals surface area contributed by atoms with Gasteiger partial charge in [0.15, 0.2) is 0 Å². The summed E-state index contributed by atoms with van der Waals surface area (Å²) in [4.78, 5) is 11.1. The van der Waals surface area contributed by atoms with Crippen LogP contribution in [0.15, 0.2) is 36.9 Å². The van der Waals surface area contributed by atoms with E-state index >= 15 is 0 Å². The van der Waals surface area contributed by atoms with Crippen LogP contribution < -0.4 is 4.74 Å². The number of carbonyl (C=O) groups is 1. The SMILES string of the molecule is C=CC(=O)Oc1ccc(CCCCCCCCCCCCCC)cc1. The maximum Gasteiger partial charge on any atom is 0.335 e. The lowest BCUT2D eigenvalue weighted by Crippen LogP contribution is -2.02. The van der Waals surface area contributed by atoms with Crippen molar-refractivity contribution in [3.8, 4) is 5.75 Å². The first kappa shape index (κ1) is 21.5. The molecule has 0 fully saturated rings. The molecular formula is C23H36O2. The lowest BCUT2D eigenvalue weighted by atomic mass is 10.0. The summed E-state index contributed by atoms with van der Waals surface area (Å²) in [5.74, 6) is 0.178. The highest BCUT2D eigenvalue weighted by Gasteiger charge is 2.00. The number of aryl methyl sites for hydroxylation is 1. The molecule has 0 N–H and O–H groups in total. The average molecular weight is 345 g/mol. The molecule has 0 spiro atoms. The Morgan fingerprint density at radius 2 is 1.32 bits per heavy atom. The van der Waals surface area contributed by atoms with Gasteiger partial charge in [-0.1, -0.05) is 96.3 Å². The molecule has 0 saturated carbocycles. The number of hydrogen-bond donors (Lipinski definition) is 0. The van der Waals surface area contributed by atoms with Crippen molar-refractivity contribution in [2.75, 3.05) is 0 Å². The minimum atomic E-state index is -0.409. The van der Waals surface area contributed by atoms with Crippen molar-refractivity contribution in [2.24, 2.45) is 0 Å². The molecule has 140 valence electrons. The standard InChI is InChI=1S/C23H36O2/c1-3-5-6-7-8-9-10-11-12-13-14-15-16-21-17-19-22(20-18-21)25-23(24)4-2/h4,17-20H,2-3,5-16H2,1H3. The summed E-state index contributed by atoms with van der Waals surface area (Å²) in [6.07, 6.45) is 18.8. The Morgan fingerprint density at radius 1 is 0.840 bits per heavy atom. The lowest BCUT2D eigenvalue weighted by molar-refractivity contribution is -0.128. The topological polar surface area (TPSA) is 26.3 Å². The van der Waals surface area contributed by atoms with Gasteiger partial charge in [-0.3, -0.25) is 0 Å². The van der Waals surface area contributed by atoms with Crippen molar-refractivity contribution in [3.63, 3.8) is 0 Å². The van der Waals surface area contributed by atoms with E-state index in [-0.39, 0.29) is 0 Å². The number of unbranched alkanes of at least 4 members (excludes halogenated alkanes) is 11. The maximum absolute atomic E-state index is 11.1. The highest BCUT2D eigenvalue weighted by atomic mass is 16.5. The van der Waals surface area contributed by atoms with Crippen LogP contribution in [0.3, 0.4) is 0 Å². The molecule has 2 nitrogen and oxygen atoms in total. The predicted octanol–water partition coefficient (Wildman–Crippen LogP) is 7.02. The Labute approximate surface area is 154 Å². The van der Waals surface area contributed by atoms with Gasteiger partial charge in [0, 0.05) is 6.08 Å². The highest BCUT2D eigenvalue weighted by molar-refractivity contribution is 5.83. The van der Waals surface area contributed by atoms with E-state index in [1.165, 1.54) is 88.7 Å². The molecule has 0 unspecified atom stereocenters. The number of carbonyl (C=O) groups excluding carboxylic acids is 1. The van der Waals surface area contributed by atoms with Crippen molar-refractivity contribution in [1.82, 2.24) is 0 Å². The van der Waals surface area contributed by atoms with Crippen LogP contribution >= 0.6 is 0 Å². The molecule has 2 heteroatoms. The van der Waals surface area contributed by atoms with Gasteiger partial charge in [0.25, 0.3) is 0 Å². The zero-order chi connectivity index (χ0) is 18.2. The first-order chi connectivity index (χ1) is 12.3. The van der Waals surface area contributed by atoms with Crippen LogP contribution in [0.2, 0.25) is 0 Å². The highest BCUT2D eigenvalue weighted by Crippen LogP contribution is 2.16. The van der Waals surface area contributed by atoms with Gasteiger partial charge >= 0.3 is 5.97 Å². The quantitative estimate of drug-likeness (QED) is 0.148. The van der Waals surface area contributed by atoms with Crippen LogP contribution in [0, 0.1) is 0 Å². The minimum absolute atomic E-state index is 0.409. The molecular weight excluding hydrogens is 308 g/mol. The first-order valence-corrected chi connectivity index (χ1v) is 10.2. The fourth-order valence-corrected chi connectivity index (χ4v) is 3.05. The molecule has 0 aliphatic heterocycles. The van der Waals surface area contributed by atoms with Crippen molar-refractivity contribution in [1.29, 1.82) is 0 Å². The van der Waals surface area contributed by atoms with Gasteiger partial charge in [-0.25, -0.2) is 4.79 Å². The van der Waals surface area contributed by atoms with Crippen molar-refractivity contribution in [3.05, 3.63) is 42.5 Å². The molecule has 1 rings (SSSR count). The van der Waals surface area contributed by atoms with Gasteiger partial charge in [-0.05, 0) is 30.5 Å². The van der Waals surface area contributed by atoms with Gasteiger partial charge in [0.05, 0.1) is 0 Å². The Hall–Kier alpha value is -1.57. The van der Waals surface area contributed by atoms with Crippen LogP contribution in [0.25, 0.3) is 0 Å². The first-order valence-electron chi connectivity index (χ1n) is 10.2. The van der Waals surface area contributed by atoms with Crippen molar-refractivity contribution >= 4 is 5.97 Å². The third-order valence-electron chi connectivity index (χ3n) is 4.63. The molecule has 0 amide bonds. The molecule has 0 aliphatic rings. The summed E-state index contributed by atoms with van der Waals surface area (Å²) < 4.78 is 5.08.